The molecule has 156 valence electrons. The Kier molecular flexibility index (Phi) is 5.90. The Labute approximate surface area is 181 Å². The number of esters is 1. The summed E-state index contributed by atoms with van der Waals surface area (Å²) in [5, 5.41) is 8.96. The lowest BCUT2D eigenvalue weighted by atomic mass is 10.1. The van der Waals surface area contributed by atoms with E-state index < -0.39 is 11.8 Å². The van der Waals surface area contributed by atoms with Crippen LogP contribution in [-0.2, 0) is 4.74 Å². The van der Waals surface area contributed by atoms with Gasteiger partial charge in [-0.1, -0.05) is 30.3 Å². The first kappa shape index (κ1) is 20.5. The number of rotatable bonds is 6. The maximum absolute atomic E-state index is 14.5. The first-order valence-corrected chi connectivity index (χ1v) is 10.4. The fourth-order valence-electron chi connectivity index (χ4n) is 3.06. The van der Waals surface area contributed by atoms with Crippen molar-refractivity contribution in [2.75, 3.05) is 11.9 Å². The molecule has 8 heteroatoms. The van der Waals surface area contributed by atoms with Crippen molar-refractivity contribution in [3.63, 3.8) is 0 Å². The van der Waals surface area contributed by atoms with E-state index in [1.165, 1.54) is 22.1 Å². The molecule has 2 heterocycles. The third-order valence-electron chi connectivity index (χ3n) is 4.44. The zero-order valence-electron chi connectivity index (χ0n) is 16.5. The molecule has 0 aliphatic carbocycles. The number of carbonyl (C=O) groups excluding carboxylic acids is 2. The summed E-state index contributed by atoms with van der Waals surface area (Å²) in [6.07, 6.45) is 0. The van der Waals surface area contributed by atoms with E-state index in [4.69, 9.17) is 4.74 Å². The van der Waals surface area contributed by atoms with E-state index in [0.29, 0.717) is 21.8 Å². The predicted molar refractivity (Wildman–Crippen MR) is 117 cm³/mol. The summed E-state index contributed by atoms with van der Waals surface area (Å²) in [7, 11) is 0. The van der Waals surface area contributed by atoms with Gasteiger partial charge in [0.25, 0.3) is 5.91 Å². The number of aromatic nitrogens is 2. The number of nitrogens with one attached hydrogen (secondary N) is 1. The Hall–Kier alpha value is -3.78. The zero-order chi connectivity index (χ0) is 21.8. The van der Waals surface area contributed by atoms with Gasteiger partial charge in [0.2, 0.25) is 0 Å². The molecule has 31 heavy (non-hydrogen) atoms. The Morgan fingerprint density at radius 2 is 1.94 bits per heavy atom. The molecule has 1 N–H and O–H groups in total. The Balaban J connectivity index is 1.75. The highest BCUT2D eigenvalue weighted by Gasteiger charge is 2.19. The lowest BCUT2D eigenvalue weighted by molar-refractivity contribution is 0.0518. The van der Waals surface area contributed by atoms with Crippen LogP contribution in [0.3, 0.4) is 0 Å². The van der Waals surface area contributed by atoms with E-state index in [9.17, 15) is 14.0 Å². The third-order valence-corrected chi connectivity index (χ3v) is 5.30. The lowest BCUT2D eigenvalue weighted by Crippen LogP contribution is -2.10. The topological polar surface area (TPSA) is 73.2 Å². The van der Waals surface area contributed by atoms with Gasteiger partial charge < -0.3 is 10.1 Å². The van der Waals surface area contributed by atoms with E-state index in [1.807, 2.05) is 5.38 Å². The van der Waals surface area contributed by atoms with Crippen molar-refractivity contribution < 1.29 is 18.7 Å². The number of benzene rings is 2. The van der Waals surface area contributed by atoms with Crippen molar-refractivity contribution in [1.29, 1.82) is 0 Å². The maximum atomic E-state index is 14.5. The molecule has 6 nitrogen and oxygen atoms in total. The quantitative estimate of drug-likeness (QED) is 0.424. The van der Waals surface area contributed by atoms with Crippen LogP contribution in [0.15, 0.2) is 72.1 Å². The van der Waals surface area contributed by atoms with Gasteiger partial charge in [-0.25, -0.2) is 13.9 Å². The van der Waals surface area contributed by atoms with Crippen LogP contribution in [-0.4, -0.2) is 28.3 Å². The van der Waals surface area contributed by atoms with Crippen LogP contribution in [0.1, 0.15) is 27.1 Å². The highest BCUT2D eigenvalue weighted by Crippen LogP contribution is 2.28. The van der Waals surface area contributed by atoms with Gasteiger partial charge in [0.15, 0.2) is 5.69 Å². The second-order valence-corrected chi connectivity index (χ2v) is 7.46. The summed E-state index contributed by atoms with van der Waals surface area (Å²) in [6.45, 7) is 1.90. The summed E-state index contributed by atoms with van der Waals surface area (Å²) < 4.78 is 20.9. The average molecular weight is 435 g/mol. The van der Waals surface area contributed by atoms with Crippen molar-refractivity contribution in [3.8, 4) is 16.9 Å². The first-order chi connectivity index (χ1) is 15.1. The molecule has 4 aromatic rings. The van der Waals surface area contributed by atoms with Crippen LogP contribution in [0, 0.1) is 5.82 Å². The molecule has 0 fully saturated rings. The monoisotopic (exact) mass is 435 g/mol. The SMILES string of the molecule is CCOC(=O)c1cc(-c2cccc(NC(=O)c3cccs3)c2)n(-c2ccccc2F)n1. The molecule has 0 unspecified atom stereocenters. The van der Waals surface area contributed by atoms with Crippen molar-refractivity contribution in [3.05, 3.63) is 88.5 Å². The van der Waals surface area contributed by atoms with Crippen LogP contribution < -0.4 is 5.32 Å². The number of halogens is 1. The van der Waals surface area contributed by atoms with Gasteiger partial charge >= 0.3 is 5.97 Å². The summed E-state index contributed by atoms with van der Waals surface area (Å²) in [5.74, 6) is -1.30. The van der Waals surface area contributed by atoms with Crippen molar-refractivity contribution in [2.45, 2.75) is 6.92 Å². The number of hydrogen-bond donors (Lipinski definition) is 1. The predicted octanol–water partition coefficient (Wildman–Crippen LogP) is 5.17. The van der Waals surface area contributed by atoms with Gasteiger partial charge in [0.05, 0.1) is 17.2 Å². The van der Waals surface area contributed by atoms with Crippen LogP contribution >= 0.6 is 11.3 Å². The number of thiophene rings is 1. The summed E-state index contributed by atoms with van der Waals surface area (Å²) in [4.78, 5) is 25.2. The van der Waals surface area contributed by atoms with Crippen molar-refractivity contribution >= 4 is 28.9 Å². The third kappa shape index (κ3) is 4.39. The summed E-state index contributed by atoms with van der Waals surface area (Å²) >= 11 is 1.34. The molecule has 0 radical (unpaired) electrons. The fraction of sp³-hybridized carbons (Fsp3) is 0.0870. The first-order valence-electron chi connectivity index (χ1n) is 9.54. The molecule has 0 bridgehead atoms. The largest absolute Gasteiger partial charge is 0.461 e. The number of amides is 1. The number of carbonyl (C=O) groups is 2. The van der Waals surface area contributed by atoms with Gasteiger partial charge in [-0.15, -0.1) is 11.3 Å². The smallest absolute Gasteiger partial charge is 0.358 e. The van der Waals surface area contributed by atoms with Crippen LogP contribution in [0.25, 0.3) is 16.9 Å². The van der Waals surface area contributed by atoms with Gasteiger partial charge in [0, 0.05) is 11.3 Å². The van der Waals surface area contributed by atoms with Crippen LogP contribution in [0.4, 0.5) is 10.1 Å². The van der Waals surface area contributed by atoms with E-state index in [1.54, 1.807) is 67.6 Å². The second-order valence-electron chi connectivity index (χ2n) is 6.51. The molecule has 4 rings (SSSR count). The normalized spacial score (nSPS) is 10.6. The van der Waals surface area contributed by atoms with Gasteiger partial charge in [-0.3, -0.25) is 4.79 Å². The molecule has 0 saturated heterocycles. The molecule has 0 spiro atoms. The van der Waals surface area contributed by atoms with Gasteiger partial charge in [-0.2, -0.15) is 5.10 Å². The Morgan fingerprint density at radius 3 is 2.68 bits per heavy atom. The molecule has 0 aliphatic heterocycles. The maximum Gasteiger partial charge on any atom is 0.358 e. The Morgan fingerprint density at radius 1 is 1.10 bits per heavy atom. The number of ether oxygens (including phenoxy) is 1. The Bertz CT molecular complexity index is 1230. The summed E-state index contributed by atoms with van der Waals surface area (Å²) in [5.41, 5.74) is 1.96. The fourth-order valence-corrected chi connectivity index (χ4v) is 3.67. The van der Waals surface area contributed by atoms with Gasteiger partial charge in [0.1, 0.15) is 11.5 Å². The molecular formula is C23H18FN3O3S. The molecule has 2 aromatic heterocycles. The van der Waals surface area contributed by atoms with Gasteiger partial charge in [-0.05, 0) is 48.7 Å². The highest BCUT2D eigenvalue weighted by molar-refractivity contribution is 7.12. The van der Waals surface area contributed by atoms with E-state index in [-0.39, 0.29) is 23.9 Å². The highest BCUT2D eigenvalue weighted by atomic mass is 32.1. The number of anilines is 1. The summed E-state index contributed by atoms with van der Waals surface area (Å²) in [6, 6.07) is 18.3. The minimum Gasteiger partial charge on any atom is -0.461 e. The minimum absolute atomic E-state index is 0.0631. The number of para-hydroxylation sites is 1. The van der Waals surface area contributed by atoms with Crippen molar-refractivity contribution in [2.24, 2.45) is 0 Å². The lowest BCUT2D eigenvalue weighted by Gasteiger charge is -2.10. The second kappa shape index (κ2) is 8.93. The van der Waals surface area contributed by atoms with E-state index in [0.717, 1.165) is 0 Å². The molecular weight excluding hydrogens is 417 g/mol. The minimum atomic E-state index is -0.596. The molecule has 0 atom stereocenters. The van der Waals surface area contributed by atoms with Crippen molar-refractivity contribution in [1.82, 2.24) is 9.78 Å². The standard InChI is InChI=1S/C23H18FN3O3S/c1-2-30-23(29)18-14-20(27(26-18)19-10-4-3-9-17(19)24)15-7-5-8-16(13-15)25-22(28)21-11-6-12-31-21/h3-14H,2H2,1H3,(H,25,28). The van der Waals surface area contributed by atoms with Crippen LogP contribution in [0.2, 0.25) is 0 Å². The molecule has 0 saturated carbocycles. The van der Waals surface area contributed by atoms with E-state index in [2.05, 4.69) is 10.4 Å². The zero-order valence-corrected chi connectivity index (χ0v) is 17.4. The number of hydrogen-bond acceptors (Lipinski definition) is 5. The van der Waals surface area contributed by atoms with E-state index >= 15 is 0 Å². The molecule has 2 aromatic carbocycles. The van der Waals surface area contributed by atoms with Crippen LogP contribution in [0.5, 0.6) is 0 Å². The number of nitrogens with zero attached hydrogens (tertiary/aromatic N) is 2. The molecule has 1 amide bonds. The molecule has 0 aliphatic rings. The average Bonchev–Trinajstić information content (AvgIpc) is 3.45.